The Kier molecular flexibility index (Phi) is 4.78. The highest BCUT2D eigenvalue weighted by atomic mass is 16.1. The Morgan fingerprint density at radius 3 is 2.60 bits per heavy atom. The molecule has 0 saturated carbocycles. The van der Waals surface area contributed by atoms with Crippen LogP contribution < -0.4 is 5.32 Å². The molecule has 2 nitrogen and oxygen atoms in total. The van der Waals surface area contributed by atoms with Crippen LogP contribution in [0.3, 0.4) is 0 Å². The molecule has 0 aromatic carbocycles. The third-order valence-electron chi connectivity index (χ3n) is 3.15. The molecule has 0 aromatic rings. The van der Waals surface area contributed by atoms with Crippen molar-refractivity contribution in [3.8, 4) is 0 Å². The van der Waals surface area contributed by atoms with E-state index in [1.807, 2.05) is 0 Å². The fourth-order valence-corrected chi connectivity index (χ4v) is 1.97. The Hall–Kier alpha value is -0.370. The minimum atomic E-state index is 0.296. The van der Waals surface area contributed by atoms with E-state index in [2.05, 4.69) is 26.1 Å². The van der Waals surface area contributed by atoms with Crippen molar-refractivity contribution < 1.29 is 4.79 Å². The lowest BCUT2D eigenvalue weighted by molar-refractivity contribution is -0.119. The summed E-state index contributed by atoms with van der Waals surface area (Å²) in [6.07, 6.45) is 4.93. The molecule has 1 atom stereocenters. The van der Waals surface area contributed by atoms with Gasteiger partial charge in [-0.25, -0.2) is 0 Å². The number of hydrogen-bond acceptors (Lipinski definition) is 2. The highest BCUT2D eigenvalue weighted by Gasteiger charge is 2.17. The number of hydrogen-bond donors (Lipinski definition) is 1. The maximum absolute atomic E-state index is 11.6. The van der Waals surface area contributed by atoms with Gasteiger partial charge in [0.25, 0.3) is 0 Å². The Bertz CT molecular complexity index is 199. The number of rotatable bonds is 5. The van der Waals surface area contributed by atoms with Crippen LogP contribution in [0, 0.1) is 11.3 Å². The fourth-order valence-electron chi connectivity index (χ4n) is 1.97. The minimum absolute atomic E-state index is 0.296. The number of nitrogens with one attached hydrogen (secondary N) is 1. The first-order chi connectivity index (χ1) is 6.97. The van der Waals surface area contributed by atoms with Gasteiger partial charge in [0, 0.05) is 12.8 Å². The lowest BCUT2D eigenvalue weighted by Crippen LogP contribution is -2.12. The van der Waals surface area contributed by atoms with Gasteiger partial charge in [-0.1, -0.05) is 20.8 Å². The minimum Gasteiger partial charge on any atom is -0.316 e. The zero-order valence-corrected chi connectivity index (χ0v) is 10.4. The quantitative estimate of drug-likeness (QED) is 0.757. The maximum atomic E-state index is 11.6. The highest BCUT2D eigenvalue weighted by molar-refractivity contribution is 5.78. The largest absolute Gasteiger partial charge is 0.316 e. The molecular weight excluding hydrogens is 186 g/mol. The first-order valence-corrected chi connectivity index (χ1v) is 6.20. The van der Waals surface area contributed by atoms with Crippen molar-refractivity contribution in [1.29, 1.82) is 0 Å². The molecule has 1 heterocycles. The summed E-state index contributed by atoms with van der Waals surface area (Å²) in [6, 6.07) is 0. The first-order valence-electron chi connectivity index (χ1n) is 6.20. The molecule has 15 heavy (non-hydrogen) atoms. The van der Waals surface area contributed by atoms with E-state index in [4.69, 9.17) is 0 Å². The Labute approximate surface area is 93.8 Å². The van der Waals surface area contributed by atoms with Crippen LogP contribution >= 0.6 is 0 Å². The molecule has 0 bridgehead atoms. The highest BCUT2D eigenvalue weighted by Crippen LogP contribution is 2.22. The lowest BCUT2D eigenvalue weighted by Gasteiger charge is -2.17. The number of Topliss-reactive ketones (excluding diaryl/α,β-unsaturated/α-hetero) is 1. The van der Waals surface area contributed by atoms with Crippen molar-refractivity contribution in [3.63, 3.8) is 0 Å². The number of carbonyl (C=O) groups excluding carboxylic acids is 1. The zero-order chi connectivity index (χ0) is 11.3. The van der Waals surface area contributed by atoms with E-state index >= 15 is 0 Å². The normalized spacial score (nSPS) is 21.9. The van der Waals surface area contributed by atoms with E-state index in [0.717, 1.165) is 44.7 Å². The topological polar surface area (TPSA) is 29.1 Å². The summed E-state index contributed by atoms with van der Waals surface area (Å²) in [5.41, 5.74) is 0.296. The molecular formula is C13H25NO. The number of ketones is 1. The second kappa shape index (κ2) is 5.64. The summed E-state index contributed by atoms with van der Waals surface area (Å²) in [7, 11) is 0. The molecule has 1 unspecified atom stereocenters. The van der Waals surface area contributed by atoms with Crippen LogP contribution in [0.1, 0.15) is 52.9 Å². The van der Waals surface area contributed by atoms with Gasteiger partial charge in [0.15, 0.2) is 0 Å². The third kappa shape index (κ3) is 5.93. The molecule has 88 valence electrons. The monoisotopic (exact) mass is 211 g/mol. The van der Waals surface area contributed by atoms with Crippen molar-refractivity contribution in [3.05, 3.63) is 0 Å². The fraction of sp³-hybridized carbons (Fsp3) is 0.923. The summed E-state index contributed by atoms with van der Waals surface area (Å²) in [6.45, 7) is 8.84. The molecule has 1 saturated heterocycles. The average molecular weight is 211 g/mol. The van der Waals surface area contributed by atoms with E-state index < -0.39 is 0 Å². The third-order valence-corrected chi connectivity index (χ3v) is 3.15. The summed E-state index contributed by atoms with van der Waals surface area (Å²) in [5.74, 6) is 1.21. The summed E-state index contributed by atoms with van der Waals surface area (Å²) in [4.78, 5) is 11.6. The Morgan fingerprint density at radius 2 is 2.07 bits per heavy atom. The van der Waals surface area contributed by atoms with Gasteiger partial charge in [-0.2, -0.15) is 0 Å². The van der Waals surface area contributed by atoms with Gasteiger partial charge in [0.2, 0.25) is 0 Å². The van der Waals surface area contributed by atoms with Crippen molar-refractivity contribution >= 4 is 5.78 Å². The van der Waals surface area contributed by atoms with Gasteiger partial charge in [0.05, 0.1) is 0 Å². The molecule has 1 fully saturated rings. The predicted molar refractivity (Wildman–Crippen MR) is 63.9 cm³/mol. The van der Waals surface area contributed by atoms with Crippen LogP contribution in [0.15, 0.2) is 0 Å². The smallest absolute Gasteiger partial charge is 0.132 e. The second-order valence-corrected chi connectivity index (χ2v) is 6.00. The van der Waals surface area contributed by atoms with Gasteiger partial charge < -0.3 is 5.32 Å². The summed E-state index contributed by atoms with van der Waals surface area (Å²) >= 11 is 0. The Morgan fingerprint density at radius 1 is 1.33 bits per heavy atom. The van der Waals surface area contributed by atoms with Crippen molar-refractivity contribution in [1.82, 2.24) is 5.32 Å². The molecule has 0 amide bonds. The van der Waals surface area contributed by atoms with Gasteiger partial charge in [-0.05, 0) is 43.7 Å². The van der Waals surface area contributed by atoms with Crippen molar-refractivity contribution in [2.75, 3.05) is 13.1 Å². The summed E-state index contributed by atoms with van der Waals surface area (Å²) < 4.78 is 0. The molecule has 0 aliphatic carbocycles. The zero-order valence-electron chi connectivity index (χ0n) is 10.4. The first kappa shape index (κ1) is 12.7. The lowest BCUT2D eigenvalue weighted by atomic mass is 9.88. The van der Waals surface area contributed by atoms with Gasteiger partial charge >= 0.3 is 0 Å². The molecule has 0 spiro atoms. The van der Waals surface area contributed by atoms with E-state index in [-0.39, 0.29) is 0 Å². The van der Waals surface area contributed by atoms with Crippen LogP contribution in [-0.4, -0.2) is 18.9 Å². The SMILES string of the molecule is CC(C)(C)CCC(=O)CCC1CCNC1. The van der Waals surface area contributed by atoms with Gasteiger partial charge in [0.1, 0.15) is 5.78 Å². The molecule has 0 aromatic heterocycles. The summed E-state index contributed by atoms with van der Waals surface area (Å²) in [5, 5.41) is 3.34. The molecule has 2 heteroatoms. The van der Waals surface area contributed by atoms with E-state index in [9.17, 15) is 4.79 Å². The van der Waals surface area contributed by atoms with E-state index in [1.165, 1.54) is 6.42 Å². The maximum Gasteiger partial charge on any atom is 0.132 e. The van der Waals surface area contributed by atoms with E-state index in [1.54, 1.807) is 0 Å². The number of carbonyl (C=O) groups is 1. The van der Waals surface area contributed by atoms with Crippen LogP contribution in [0.25, 0.3) is 0 Å². The standard InChI is InChI=1S/C13H25NO/c1-13(2,3)8-6-12(15)5-4-11-7-9-14-10-11/h11,14H,4-10H2,1-3H3. The van der Waals surface area contributed by atoms with Crippen LogP contribution in [-0.2, 0) is 4.79 Å². The average Bonchev–Trinajstić information content (AvgIpc) is 2.62. The Balaban J connectivity index is 2.08. The second-order valence-electron chi connectivity index (χ2n) is 6.00. The van der Waals surface area contributed by atoms with Gasteiger partial charge in [-0.15, -0.1) is 0 Å². The molecule has 1 aliphatic heterocycles. The van der Waals surface area contributed by atoms with Crippen molar-refractivity contribution in [2.45, 2.75) is 52.9 Å². The molecule has 1 rings (SSSR count). The van der Waals surface area contributed by atoms with Gasteiger partial charge in [-0.3, -0.25) is 4.79 Å². The van der Waals surface area contributed by atoms with Crippen LogP contribution in [0.4, 0.5) is 0 Å². The molecule has 1 aliphatic rings. The van der Waals surface area contributed by atoms with Crippen LogP contribution in [0.2, 0.25) is 0 Å². The predicted octanol–water partition coefficient (Wildman–Crippen LogP) is 2.77. The van der Waals surface area contributed by atoms with Crippen LogP contribution in [0.5, 0.6) is 0 Å². The molecule has 1 N–H and O–H groups in total. The molecule has 0 radical (unpaired) electrons. The van der Waals surface area contributed by atoms with Crippen molar-refractivity contribution in [2.24, 2.45) is 11.3 Å². The van der Waals surface area contributed by atoms with E-state index in [0.29, 0.717) is 11.2 Å².